The molecule has 1 aliphatic heterocycles. The Morgan fingerprint density at radius 1 is 1.45 bits per heavy atom. The highest BCUT2D eigenvalue weighted by atomic mass is 16.5. The van der Waals surface area contributed by atoms with E-state index in [9.17, 15) is 9.59 Å². The number of hydrogen-bond donors (Lipinski definition) is 2. The lowest BCUT2D eigenvalue weighted by Gasteiger charge is -2.16. The molecule has 0 aliphatic carbocycles. The number of nitrogens with zero attached hydrogens (tertiary/aromatic N) is 2. The van der Waals surface area contributed by atoms with Crippen molar-refractivity contribution in [1.82, 2.24) is 9.97 Å². The normalized spacial score (nSPS) is 12.6. The predicted octanol–water partition coefficient (Wildman–Crippen LogP) is 1.60. The number of amides is 2. The van der Waals surface area contributed by atoms with E-state index < -0.39 is 0 Å². The molecular formula is C15H12N4O3. The molecule has 1 aliphatic rings. The van der Waals surface area contributed by atoms with Crippen molar-refractivity contribution < 1.29 is 14.3 Å². The van der Waals surface area contributed by atoms with Crippen LogP contribution in [0.25, 0.3) is 11.4 Å². The molecule has 0 spiro atoms. The summed E-state index contributed by atoms with van der Waals surface area (Å²) in [6.07, 6.45) is 2.70. The highest BCUT2D eigenvalue weighted by Crippen LogP contribution is 2.28. The van der Waals surface area contributed by atoms with Crippen molar-refractivity contribution in [2.75, 3.05) is 17.2 Å². The lowest BCUT2D eigenvalue weighted by molar-refractivity contribution is -0.118. The van der Waals surface area contributed by atoms with Gasteiger partial charge in [0.25, 0.3) is 5.91 Å². The number of fused-ring (bicyclic) bond motifs is 1. The van der Waals surface area contributed by atoms with Gasteiger partial charge >= 0.3 is 0 Å². The number of benzene rings is 1. The van der Waals surface area contributed by atoms with Crippen molar-refractivity contribution in [2.45, 2.75) is 0 Å². The quantitative estimate of drug-likeness (QED) is 0.839. The van der Waals surface area contributed by atoms with Crippen molar-refractivity contribution >= 4 is 23.3 Å². The molecule has 1 aromatic carbocycles. The first-order chi connectivity index (χ1) is 10.7. The topological polar surface area (TPSA) is 93.2 Å². The van der Waals surface area contributed by atoms with Crippen LogP contribution in [0.2, 0.25) is 0 Å². The second kappa shape index (κ2) is 5.65. The third kappa shape index (κ3) is 2.78. The average Bonchev–Trinajstić information content (AvgIpc) is 2.54. The third-order valence-corrected chi connectivity index (χ3v) is 2.95. The van der Waals surface area contributed by atoms with Gasteiger partial charge in [-0.1, -0.05) is 18.7 Å². The van der Waals surface area contributed by atoms with E-state index in [1.54, 1.807) is 24.3 Å². The maximum absolute atomic E-state index is 11.3. The van der Waals surface area contributed by atoms with Gasteiger partial charge in [0.1, 0.15) is 0 Å². The Morgan fingerprint density at radius 2 is 2.32 bits per heavy atom. The van der Waals surface area contributed by atoms with Crippen LogP contribution in [-0.2, 0) is 9.59 Å². The van der Waals surface area contributed by atoms with Gasteiger partial charge in [-0.05, 0) is 18.2 Å². The zero-order chi connectivity index (χ0) is 15.5. The molecule has 0 radical (unpaired) electrons. The number of ether oxygens (including phenoxy) is 1. The Labute approximate surface area is 126 Å². The summed E-state index contributed by atoms with van der Waals surface area (Å²) in [6, 6.07) is 7.05. The summed E-state index contributed by atoms with van der Waals surface area (Å²) >= 11 is 0. The Balaban J connectivity index is 1.92. The highest BCUT2D eigenvalue weighted by molar-refractivity contribution is 5.99. The van der Waals surface area contributed by atoms with Crippen LogP contribution in [0.3, 0.4) is 0 Å². The van der Waals surface area contributed by atoms with E-state index in [1.165, 1.54) is 12.3 Å². The monoisotopic (exact) mass is 296 g/mol. The lowest BCUT2D eigenvalue weighted by atomic mass is 10.2. The van der Waals surface area contributed by atoms with Crippen LogP contribution < -0.4 is 15.4 Å². The minimum Gasteiger partial charge on any atom is -0.478 e. The van der Waals surface area contributed by atoms with Crippen LogP contribution in [0, 0.1) is 0 Å². The van der Waals surface area contributed by atoms with Gasteiger partial charge < -0.3 is 15.4 Å². The maximum Gasteiger partial charge on any atom is 0.263 e. The molecule has 2 aromatic rings. The van der Waals surface area contributed by atoms with E-state index in [1.807, 2.05) is 0 Å². The van der Waals surface area contributed by atoms with Crippen molar-refractivity contribution in [3.05, 3.63) is 43.1 Å². The molecule has 7 heteroatoms. The molecule has 0 saturated carbocycles. The smallest absolute Gasteiger partial charge is 0.263 e. The highest BCUT2D eigenvalue weighted by Gasteiger charge is 2.18. The number of rotatable bonds is 3. The standard InChI is InChI=1S/C15H12N4O3/c1-2-12(20)17-10-5-3-4-9(6-10)14-16-7-11-15(19-14)18-13(21)8-22-11/h2-7H,1,8H2,(H,17,20)(H,16,18,19,21). The summed E-state index contributed by atoms with van der Waals surface area (Å²) in [7, 11) is 0. The van der Waals surface area contributed by atoms with E-state index in [0.29, 0.717) is 28.6 Å². The molecule has 0 fully saturated rings. The van der Waals surface area contributed by atoms with Crippen LogP contribution >= 0.6 is 0 Å². The van der Waals surface area contributed by atoms with Crippen LogP contribution in [0.5, 0.6) is 5.75 Å². The molecule has 7 nitrogen and oxygen atoms in total. The Bertz CT molecular complexity index is 773. The lowest BCUT2D eigenvalue weighted by Crippen LogP contribution is -2.26. The Morgan fingerprint density at radius 3 is 3.14 bits per heavy atom. The number of hydrogen-bond acceptors (Lipinski definition) is 5. The summed E-state index contributed by atoms with van der Waals surface area (Å²) < 4.78 is 5.21. The third-order valence-electron chi connectivity index (χ3n) is 2.95. The minimum atomic E-state index is -0.302. The van der Waals surface area contributed by atoms with E-state index in [2.05, 4.69) is 27.2 Å². The van der Waals surface area contributed by atoms with Gasteiger partial charge in [-0.3, -0.25) is 9.59 Å². The molecule has 0 atom stereocenters. The Kier molecular flexibility index (Phi) is 3.53. The second-order valence-corrected chi connectivity index (χ2v) is 4.52. The fourth-order valence-electron chi connectivity index (χ4n) is 1.95. The molecule has 1 aromatic heterocycles. The molecule has 2 amide bonds. The van der Waals surface area contributed by atoms with E-state index in [4.69, 9.17) is 4.74 Å². The zero-order valence-corrected chi connectivity index (χ0v) is 11.5. The summed E-state index contributed by atoms with van der Waals surface area (Å²) in [4.78, 5) is 31.1. The van der Waals surface area contributed by atoms with Crippen molar-refractivity contribution in [3.63, 3.8) is 0 Å². The number of anilines is 2. The molecule has 3 rings (SSSR count). The first kappa shape index (κ1) is 13.7. The summed E-state index contributed by atoms with van der Waals surface area (Å²) in [5.74, 6) is 0.619. The summed E-state index contributed by atoms with van der Waals surface area (Å²) in [5, 5.41) is 5.29. The molecule has 22 heavy (non-hydrogen) atoms. The molecule has 0 saturated heterocycles. The van der Waals surface area contributed by atoms with Gasteiger partial charge in [0, 0.05) is 11.3 Å². The second-order valence-electron chi connectivity index (χ2n) is 4.52. The van der Waals surface area contributed by atoms with E-state index in [0.717, 1.165) is 0 Å². The molecule has 2 heterocycles. The minimum absolute atomic E-state index is 0.0429. The van der Waals surface area contributed by atoms with Crippen molar-refractivity contribution in [2.24, 2.45) is 0 Å². The molecule has 0 bridgehead atoms. The number of carbonyl (C=O) groups excluding carboxylic acids is 2. The van der Waals surface area contributed by atoms with Gasteiger partial charge in [-0.15, -0.1) is 0 Å². The SMILES string of the molecule is C=CC(=O)Nc1cccc(-c2ncc3c(n2)NC(=O)CO3)c1. The zero-order valence-electron chi connectivity index (χ0n) is 11.5. The fourth-order valence-corrected chi connectivity index (χ4v) is 1.95. The van der Waals surface area contributed by atoms with Crippen LogP contribution in [0.15, 0.2) is 43.1 Å². The number of nitrogens with one attached hydrogen (secondary N) is 2. The van der Waals surface area contributed by atoms with Gasteiger partial charge in [-0.2, -0.15) is 0 Å². The van der Waals surface area contributed by atoms with Crippen molar-refractivity contribution in [3.8, 4) is 17.1 Å². The number of carbonyl (C=O) groups is 2. The largest absolute Gasteiger partial charge is 0.478 e. The first-order valence-corrected chi connectivity index (χ1v) is 6.49. The van der Waals surface area contributed by atoms with Crippen LogP contribution in [0.4, 0.5) is 11.5 Å². The molecule has 0 unspecified atom stereocenters. The van der Waals surface area contributed by atoms with E-state index >= 15 is 0 Å². The Hall–Kier alpha value is -3.22. The van der Waals surface area contributed by atoms with Crippen molar-refractivity contribution in [1.29, 1.82) is 0 Å². The summed E-state index contributed by atoms with van der Waals surface area (Å²) in [6.45, 7) is 3.36. The molecule has 2 N–H and O–H groups in total. The van der Waals surface area contributed by atoms with Gasteiger partial charge in [0.15, 0.2) is 24.0 Å². The predicted molar refractivity (Wildman–Crippen MR) is 80.4 cm³/mol. The van der Waals surface area contributed by atoms with Gasteiger partial charge in [0.2, 0.25) is 5.91 Å². The number of aromatic nitrogens is 2. The first-order valence-electron chi connectivity index (χ1n) is 6.49. The van der Waals surface area contributed by atoms with Gasteiger partial charge in [-0.25, -0.2) is 9.97 Å². The van der Waals surface area contributed by atoms with Crippen LogP contribution in [0.1, 0.15) is 0 Å². The average molecular weight is 296 g/mol. The summed E-state index contributed by atoms with van der Waals surface area (Å²) in [5.41, 5.74) is 1.30. The fraction of sp³-hybridized carbons (Fsp3) is 0.0667. The molecule has 110 valence electrons. The maximum atomic E-state index is 11.3. The van der Waals surface area contributed by atoms with E-state index in [-0.39, 0.29) is 18.4 Å². The van der Waals surface area contributed by atoms with Gasteiger partial charge in [0.05, 0.1) is 6.20 Å². The van der Waals surface area contributed by atoms with Crippen LogP contribution in [-0.4, -0.2) is 28.4 Å². The molecular weight excluding hydrogens is 284 g/mol.